The molecular formula is C18H22F3N3O2S. The van der Waals surface area contributed by atoms with E-state index in [2.05, 4.69) is 9.71 Å². The second-order valence-electron chi connectivity index (χ2n) is 6.30. The summed E-state index contributed by atoms with van der Waals surface area (Å²) in [5, 5.41) is 0. The molecule has 2 aromatic rings. The number of likely N-dealkylation sites (N-methyl/N-ethyl adjacent to an activating group) is 1. The highest BCUT2D eigenvalue weighted by Gasteiger charge is 2.37. The second kappa shape index (κ2) is 8.37. The lowest BCUT2D eigenvalue weighted by Gasteiger charge is -2.25. The number of nitrogens with zero attached hydrogens (tertiary/aromatic N) is 2. The predicted octanol–water partition coefficient (Wildman–Crippen LogP) is 3.24. The van der Waals surface area contributed by atoms with Gasteiger partial charge in [-0.05, 0) is 37.7 Å². The molecule has 0 saturated heterocycles. The van der Waals surface area contributed by atoms with Crippen LogP contribution < -0.4 is 4.72 Å². The highest BCUT2D eigenvalue weighted by molar-refractivity contribution is 7.89. The van der Waals surface area contributed by atoms with E-state index >= 15 is 0 Å². The second-order valence-corrected chi connectivity index (χ2v) is 8.03. The normalized spacial score (nSPS) is 13.7. The highest BCUT2D eigenvalue weighted by atomic mass is 32.2. The summed E-state index contributed by atoms with van der Waals surface area (Å²) in [4.78, 5) is 4.46. The van der Waals surface area contributed by atoms with Gasteiger partial charge in [0.2, 0.25) is 10.0 Å². The van der Waals surface area contributed by atoms with Crippen LogP contribution in [0.1, 0.15) is 29.7 Å². The number of aromatic nitrogens is 1. The number of benzene rings is 1. The van der Waals surface area contributed by atoms with Gasteiger partial charge in [0.1, 0.15) is 4.90 Å². The van der Waals surface area contributed by atoms with Gasteiger partial charge in [-0.2, -0.15) is 13.2 Å². The van der Waals surface area contributed by atoms with E-state index in [1.54, 1.807) is 19.0 Å². The Labute approximate surface area is 157 Å². The molecule has 1 N–H and O–H groups in total. The summed E-state index contributed by atoms with van der Waals surface area (Å²) in [6.07, 6.45) is -2.28. The quantitative estimate of drug-likeness (QED) is 0.774. The molecule has 0 unspecified atom stereocenters. The van der Waals surface area contributed by atoms with Crippen LogP contribution in [0.4, 0.5) is 13.2 Å². The van der Waals surface area contributed by atoms with Crippen molar-refractivity contribution in [3.05, 3.63) is 59.4 Å². The Hall–Kier alpha value is -1.97. The van der Waals surface area contributed by atoms with E-state index in [0.717, 1.165) is 23.7 Å². The van der Waals surface area contributed by atoms with Crippen molar-refractivity contribution in [2.24, 2.45) is 0 Å². The van der Waals surface area contributed by atoms with Crippen LogP contribution in [0.2, 0.25) is 0 Å². The minimum absolute atomic E-state index is 0.0764. The number of hydrogen-bond donors (Lipinski definition) is 1. The number of hydrogen-bond acceptors (Lipinski definition) is 4. The van der Waals surface area contributed by atoms with Crippen molar-refractivity contribution in [1.82, 2.24) is 14.6 Å². The Morgan fingerprint density at radius 3 is 2.30 bits per heavy atom. The molecule has 2 rings (SSSR count). The highest BCUT2D eigenvalue weighted by Crippen LogP contribution is 2.33. The number of halogens is 3. The number of sulfonamides is 1. The first-order chi connectivity index (χ1) is 12.6. The Morgan fingerprint density at radius 2 is 1.78 bits per heavy atom. The van der Waals surface area contributed by atoms with E-state index in [9.17, 15) is 21.6 Å². The van der Waals surface area contributed by atoms with E-state index in [0.29, 0.717) is 12.3 Å². The molecule has 1 atom stereocenters. The summed E-state index contributed by atoms with van der Waals surface area (Å²) >= 11 is 0. The summed E-state index contributed by atoms with van der Waals surface area (Å²) < 4.78 is 66.6. The molecule has 0 radical (unpaired) electrons. The first-order valence-electron chi connectivity index (χ1n) is 8.32. The lowest BCUT2D eigenvalue weighted by molar-refractivity contribution is -0.140. The van der Waals surface area contributed by atoms with E-state index in [1.165, 1.54) is 0 Å². The lowest BCUT2D eigenvalue weighted by atomic mass is 10.0. The monoisotopic (exact) mass is 401 g/mol. The van der Waals surface area contributed by atoms with Gasteiger partial charge in [0.15, 0.2) is 0 Å². The molecule has 0 spiro atoms. The van der Waals surface area contributed by atoms with Crippen molar-refractivity contribution in [3.63, 3.8) is 0 Å². The zero-order chi connectivity index (χ0) is 20.2. The summed E-state index contributed by atoms with van der Waals surface area (Å²) in [6.45, 7) is 1.95. The van der Waals surface area contributed by atoms with E-state index in [1.807, 2.05) is 31.2 Å². The van der Waals surface area contributed by atoms with Crippen molar-refractivity contribution < 1.29 is 21.6 Å². The fraction of sp³-hybridized carbons (Fsp3) is 0.389. The van der Waals surface area contributed by atoms with Crippen molar-refractivity contribution in [2.75, 3.05) is 20.6 Å². The molecule has 0 bridgehead atoms. The minimum Gasteiger partial charge on any atom is -0.301 e. The van der Waals surface area contributed by atoms with E-state index < -0.39 is 26.7 Å². The molecule has 0 saturated carbocycles. The molecule has 1 heterocycles. The van der Waals surface area contributed by atoms with Crippen molar-refractivity contribution >= 4 is 10.0 Å². The van der Waals surface area contributed by atoms with Crippen LogP contribution in [0, 0.1) is 0 Å². The zero-order valence-corrected chi connectivity index (χ0v) is 16.1. The van der Waals surface area contributed by atoms with E-state index in [4.69, 9.17) is 0 Å². The average molecular weight is 401 g/mol. The van der Waals surface area contributed by atoms with Gasteiger partial charge < -0.3 is 4.90 Å². The van der Waals surface area contributed by atoms with Crippen LogP contribution in [0.25, 0.3) is 0 Å². The number of nitrogens with one attached hydrogen (secondary N) is 1. The largest absolute Gasteiger partial charge is 0.417 e. The Balaban J connectivity index is 2.26. The van der Waals surface area contributed by atoms with Gasteiger partial charge in [-0.3, -0.25) is 4.98 Å². The third-order valence-corrected chi connectivity index (χ3v) is 5.69. The van der Waals surface area contributed by atoms with Crippen LogP contribution >= 0.6 is 0 Å². The van der Waals surface area contributed by atoms with E-state index in [-0.39, 0.29) is 12.6 Å². The molecule has 1 aromatic heterocycles. The first kappa shape index (κ1) is 21.3. The molecule has 0 aliphatic rings. The molecule has 0 aliphatic heterocycles. The Morgan fingerprint density at radius 1 is 1.15 bits per heavy atom. The van der Waals surface area contributed by atoms with Crippen molar-refractivity contribution in [3.8, 4) is 0 Å². The SMILES string of the molecule is CCc1ccc([C@H](CNS(=O)(=O)c2cnccc2C(F)(F)F)N(C)C)cc1. The van der Waals surface area contributed by atoms with Crippen LogP contribution in [-0.4, -0.2) is 38.9 Å². The third kappa shape index (κ3) is 5.27. The average Bonchev–Trinajstić information content (AvgIpc) is 2.61. The van der Waals surface area contributed by atoms with Crippen LogP contribution in [-0.2, 0) is 22.6 Å². The van der Waals surface area contributed by atoms with Crippen molar-refractivity contribution in [1.29, 1.82) is 0 Å². The van der Waals surface area contributed by atoms with Gasteiger partial charge in [0.05, 0.1) is 5.56 Å². The maximum absolute atomic E-state index is 13.1. The summed E-state index contributed by atoms with van der Waals surface area (Å²) in [5.74, 6) is 0. The summed E-state index contributed by atoms with van der Waals surface area (Å²) in [6, 6.07) is 8.00. The molecule has 5 nitrogen and oxygen atoms in total. The zero-order valence-electron chi connectivity index (χ0n) is 15.3. The molecule has 27 heavy (non-hydrogen) atoms. The standard InChI is InChI=1S/C18H22F3N3O2S/c1-4-13-5-7-14(8-6-13)16(24(2)3)11-23-27(25,26)17-12-22-10-9-15(17)18(19,20)21/h5-10,12,16,23H,4,11H2,1-3H3/t16-/m0/s1. The van der Waals surface area contributed by atoms with Gasteiger partial charge in [0, 0.05) is 25.0 Å². The summed E-state index contributed by atoms with van der Waals surface area (Å²) in [5.41, 5.74) is 0.767. The fourth-order valence-corrected chi connectivity index (χ4v) is 3.87. The third-order valence-electron chi connectivity index (χ3n) is 4.24. The maximum atomic E-state index is 13.1. The lowest BCUT2D eigenvalue weighted by Crippen LogP contribution is -2.35. The Bertz CT molecular complexity index is 866. The minimum atomic E-state index is -4.79. The fourth-order valence-electron chi connectivity index (χ4n) is 2.67. The van der Waals surface area contributed by atoms with Crippen LogP contribution in [0.15, 0.2) is 47.6 Å². The van der Waals surface area contributed by atoms with Crippen molar-refractivity contribution in [2.45, 2.75) is 30.5 Å². The molecule has 0 amide bonds. The van der Waals surface area contributed by atoms with Gasteiger partial charge in [-0.15, -0.1) is 0 Å². The Kier molecular flexibility index (Phi) is 6.61. The molecule has 1 aromatic carbocycles. The first-order valence-corrected chi connectivity index (χ1v) is 9.80. The van der Waals surface area contributed by atoms with Crippen LogP contribution in [0.3, 0.4) is 0 Å². The molecule has 0 aliphatic carbocycles. The van der Waals surface area contributed by atoms with Gasteiger partial charge in [-0.1, -0.05) is 31.2 Å². The van der Waals surface area contributed by atoms with Gasteiger partial charge >= 0.3 is 6.18 Å². The number of pyridine rings is 1. The summed E-state index contributed by atoms with van der Waals surface area (Å²) in [7, 11) is -0.831. The maximum Gasteiger partial charge on any atom is 0.417 e. The topological polar surface area (TPSA) is 62.3 Å². The molecular weight excluding hydrogens is 379 g/mol. The molecule has 9 heteroatoms. The number of rotatable bonds is 7. The molecule has 0 fully saturated rings. The van der Waals surface area contributed by atoms with Gasteiger partial charge in [-0.25, -0.2) is 13.1 Å². The smallest absolute Gasteiger partial charge is 0.301 e. The number of aryl methyl sites for hydroxylation is 1. The number of alkyl halides is 3. The van der Waals surface area contributed by atoms with Gasteiger partial charge in [0.25, 0.3) is 0 Å². The molecule has 148 valence electrons. The predicted molar refractivity (Wildman–Crippen MR) is 96.7 cm³/mol. The van der Waals surface area contributed by atoms with Crippen LogP contribution in [0.5, 0.6) is 0 Å².